The van der Waals surface area contributed by atoms with Gasteiger partial charge < -0.3 is 15.0 Å². The van der Waals surface area contributed by atoms with E-state index in [0.717, 1.165) is 19.1 Å². The highest BCUT2D eigenvalue weighted by molar-refractivity contribution is 4.76. The summed E-state index contributed by atoms with van der Waals surface area (Å²) in [5, 5.41) is 3.63. The van der Waals surface area contributed by atoms with Crippen LogP contribution in [0.15, 0.2) is 0 Å². The lowest BCUT2D eigenvalue weighted by Crippen LogP contribution is -2.44. The lowest BCUT2D eigenvalue weighted by molar-refractivity contribution is 0.163. The minimum atomic E-state index is 0.725. The van der Waals surface area contributed by atoms with E-state index in [1.54, 1.807) is 7.11 Å². The maximum atomic E-state index is 5.12. The molecule has 1 aliphatic heterocycles. The summed E-state index contributed by atoms with van der Waals surface area (Å²) in [6.45, 7) is 7.98. The van der Waals surface area contributed by atoms with Crippen molar-refractivity contribution in [2.45, 2.75) is 45.1 Å². The fourth-order valence-electron chi connectivity index (χ4n) is 2.43. The Hall–Kier alpha value is -0.120. The number of hydrogen-bond donors (Lipinski definition) is 1. The molecule has 3 nitrogen and oxygen atoms in total. The molecule has 0 aromatic heterocycles. The van der Waals surface area contributed by atoms with Crippen LogP contribution in [-0.2, 0) is 4.74 Å². The lowest BCUT2D eigenvalue weighted by Gasteiger charge is -2.30. The maximum absolute atomic E-state index is 5.12. The summed E-state index contributed by atoms with van der Waals surface area (Å²) in [4.78, 5) is 2.59. The van der Waals surface area contributed by atoms with Crippen LogP contribution in [0.25, 0.3) is 0 Å². The molecular weight excluding hydrogens is 200 g/mol. The molecule has 0 spiro atoms. The van der Waals surface area contributed by atoms with E-state index in [2.05, 4.69) is 17.1 Å². The highest BCUT2D eigenvalue weighted by Crippen LogP contribution is 2.09. The smallest absolute Gasteiger partial charge is 0.0474 e. The number of piperidine rings is 1. The maximum Gasteiger partial charge on any atom is 0.0474 e. The van der Waals surface area contributed by atoms with E-state index in [1.165, 1.54) is 51.9 Å². The molecule has 1 atom stereocenters. The van der Waals surface area contributed by atoms with Crippen LogP contribution in [-0.4, -0.2) is 50.8 Å². The second kappa shape index (κ2) is 8.97. The molecule has 0 aromatic carbocycles. The summed E-state index contributed by atoms with van der Waals surface area (Å²) < 4.78 is 5.12. The first-order valence-electron chi connectivity index (χ1n) is 6.81. The molecule has 1 fully saturated rings. The van der Waals surface area contributed by atoms with Crippen LogP contribution in [0.2, 0.25) is 0 Å². The predicted octanol–water partition coefficient (Wildman–Crippen LogP) is 1.88. The zero-order valence-electron chi connectivity index (χ0n) is 11.0. The van der Waals surface area contributed by atoms with E-state index < -0.39 is 0 Å². The Balaban J connectivity index is 2.19. The molecule has 96 valence electrons. The van der Waals surface area contributed by atoms with E-state index in [4.69, 9.17) is 4.74 Å². The zero-order chi connectivity index (χ0) is 11.6. The lowest BCUT2D eigenvalue weighted by atomic mass is 10.0. The molecular formula is C13H28N2O. The van der Waals surface area contributed by atoms with Gasteiger partial charge in [0.25, 0.3) is 0 Å². The summed E-state index contributed by atoms with van der Waals surface area (Å²) in [5.41, 5.74) is 0. The van der Waals surface area contributed by atoms with Crippen molar-refractivity contribution in [3.8, 4) is 0 Å². The van der Waals surface area contributed by atoms with E-state index in [-0.39, 0.29) is 0 Å². The third-order valence-electron chi connectivity index (χ3n) is 3.25. The van der Waals surface area contributed by atoms with Crippen LogP contribution in [0.3, 0.4) is 0 Å². The quantitative estimate of drug-likeness (QED) is 0.642. The van der Waals surface area contributed by atoms with Crippen LogP contribution in [0, 0.1) is 0 Å². The van der Waals surface area contributed by atoms with Crippen molar-refractivity contribution in [1.82, 2.24) is 10.2 Å². The first-order valence-corrected chi connectivity index (χ1v) is 6.81. The number of methoxy groups -OCH3 is 1. The van der Waals surface area contributed by atoms with Gasteiger partial charge in [0.15, 0.2) is 0 Å². The SMILES string of the molecule is CCCN(CCCOC)CC1CCCCN1. The van der Waals surface area contributed by atoms with E-state index in [9.17, 15) is 0 Å². The zero-order valence-corrected chi connectivity index (χ0v) is 11.0. The number of ether oxygens (including phenoxy) is 1. The number of hydrogen-bond acceptors (Lipinski definition) is 3. The number of nitrogens with one attached hydrogen (secondary N) is 1. The first kappa shape index (κ1) is 13.9. The summed E-state index contributed by atoms with van der Waals surface area (Å²) in [7, 11) is 1.78. The monoisotopic (exact) mass is 228 g/mol. The number of nitrogens with zero attached hydrogens (tertiary/aromatic N) is 1. The fourth-order valence-corrected chi connectivity index (χ4v) is 2.43. The van der Waals surface area contributed by atoms with Crippen LogP contribution in [0.1, 0.15) is 39.0 Å². The van der Waals surface area contributed by atoms with Crippen LogP contribution in [0.4, 0.5) is 0 Å². The highest BCUT2D eigenvalue weighted by Gasteiger charge is 2.15. The molecule has 1 saturated heterocycles. The Labute approximate surface area is 101 Å². The molecule has 16 heavy (non-hydrogen) atoms. The molecule has 1 unspecified atom stereocenters. The van der Waals surface area contributed by atoms with E-state index >= 15 is 0 Å². The van der Waals surface area contributed by atoms with Crippen molar-refractivity contribution in [3.05, 3.63) is 0 Å². The Morgan fingerprint density at radius 1 is 1.31 bits per heavy atom. The van der Waals surface area contributed by atoms with Gasteiger partial charge in [0, 0.05) is 32.8 Å². The summed E-state index contributed by atoms with van der Waals surface area (Å²) in [6, 6.07) is 0.725. The molecule has 1 rings (SSSR count). The van der Waals surface area contributed by atoms with Gasteiger partial charge in [0.1, 0.15) is 0 Å². The molecule has 0 amide bonds. The first-order chi connectivity index (χ1) is 7.86. The van der Waals surface area contributed by atoms with Gasteiger partial charge in [0.05, 0.1) is 0 Å². The standard InChI is InChI=1S/C13H28N2O/c1-3-9-15(10-6-11-16-2)12-13-7-4-5-8-14-13/h13-14H,3-12H2,1-2H3. The molecule has 0 aliphatic carbocycles. The second-order valence-corrected chi connectivity index (χ2v) is 4.79. The van der Waals surface area contributed by atoms with Crippen molar-refractivity contribution in [3.63, 3.8) is 0 Å². The molecule has 0 radical (unpaired) electrons. The third-order valence-corrected chi connectivity index (χ3v) is 3.25. The van der Waals surface area contributed by atoms with Gasteiger partial charge in [-0.05, 0) is 38.8 Å². The minimum Gasteiger partial charge on any atom is -0.385 e. The van der Waals surface area contributed by atoms with Crippen molar-refractivity contribution in [1.29, 1.82) is 0 Å². The molecule has 1 N–H and O–H groups in total. The minimum absolute atomic E-state index is 0.725. The van der Waals surface area contributed by atoms with E-state index in [1.807, 2.05) is 0 Å². The summed E-state index contributed by atoms with van der Waals surface area (Å²) >= 11 is 0. The highest BCUT2D eigenvalue weighted by atomic mass is 16.5. The van der Waals surface area contributed by atoms with Crippen molar-refractivity contribution < 1.29 is 4.74 Å². The molecule has 0 bridgehead atoms. The molecule has 0 aromatic rings. The molecule has 3 heteroatoms. The summed E-state index contributed by atoms with van der Waals surface area (Å²) in [6.07, 6.45) is 6.51. The average molecular weight is 228 g/mol. The van der Waals surface area contributed by atoms with Gasteiger partial charge in [0.2, 0.25) is 0 Å². The Kier molecular flexibility index (Phi) is 7.81. The van der Waals surface area contributed by atoms with Crippen LogP contribution < -0.4 is 5.32 Å². The van der Waals surface area contributed by atoms with Crippen molar-refractivity contribution in [2.24, 2.45) is 0 Å². The second-order valence-electron chi connectivity index (χ2n) is 4.79. The summed E-state index contributed by atoms with van der Waals surface area (Å²) in [5.74, 6) is 0. The molecule has 1 aliphatic rings. The van der Waals surface area contributed by atoms with Crippen molar-refractivity contribution in [2.75, 3.05) is 39.9 Å². The Morgan fingerprint density at radius 3 is 2.81 bits per heavy atom. The normalized spacial score (nSPS) is 21.6. The van der Waals surface area contributed by atoms with Gasteiger partial charge in [-0.2, -0.15) is 0 Å². The largest absolute Gasteiger partial charge is 0.385 e. The molecule has 1 heterocycles. The van der Waals surface area contributed by atoms with E-state index in [0.29, 0.717) is 0 Å². The Morgan fingerprint density at radius 2 is 2.19 bits per heavy atom. The fraction of sp³-hybridized carbons (Fsp3) is 1.00. The number of rotatable bonds is 8. The van der Waals surface area contributed by atoms with Crippen LogP contribution >= 0.6 is 0 Å². The van der Waals surface area contributed by atoms with Gasteiger partial charge in [-0.1, -0.05) is 13.3 Å². The third kappa shape index (κ3) is 5.83. The van der Waals surface area contributed by atoms with Gasteiger partial charge in [-0.25, -0.2) is 0 Å². The Bertz CT molecular complexity index is 158. The van der Waals surface area contributed by atoms with Gasteiger partial charge in [-0.15, -0.1) is 0 Å². The van der Waals surface area contributed by atoms with Gasteiger partial charge in [-0.3, -0.25) is 0 Å². The topological polar surface area (TPSA) is 24.5 Å². The molecule has 0 saturated carbocycles. The average Bonchev–Trinajstić information content (AvgIpc) is 2.31. The van der Waals surface area contributed by atoms with Gasteiger partial charge >= 0.3 is 0 Å². The van der Waals surface area contributed by atoms with Crippen LogP contribution in [0.5, 0.6) is 0 Å². The van der Waals surface area contributed by atoms with Crippen molar-refractivity contribution >= 4 is 0 Å². The predicted molar refractivity (Wildman–Crippen MR) is 68.9 cm³/mol.